The first-order valence-corrected chi connectivity index (χ1v) is 6.88. The summed E-state index contributed by atoms with van der Waals surface area (Å²) in [4.78, 5) is 23.5. The molecule has 22 heavy (non-hydrogen) atoms. The maximum Gasteiger partial charge on any atom is 0.408 e. The maximum absolute atomic E-state index is 12.9. The monoisotopic (exact) mass is 317 g/mol. The fraction of sp³-hybridized carbons (Fsp3) is 0.643. The van der Waals surface area contributed by atoms with Crippen LogP contribution >= 0.6 is 0 Å². The summed E-state index contributed by atoms with van der Waals surface area (Å²) in [5.41, 5.74) is -0.498. The first-order valence-electron chi connectivity index (χ1n) is 6.88. The summed E-state index contributed by atoms with van der Waals surface area (Å²) in [5.74, 6) is -3.26. The van der Waals surface area contributed by atoms with Crippen LogP contribution in [0.15, 0.2) is 12.3 Å². The number of hydrogen-bond donors (Lipinski definition) is 1. The van der Waals surface area contributed by atoms with Crippen molar-refractivity contribution in [3.05, 3.63) is 18.0 Å². The number of alkyl carbamates (subject to hydrolysis) is 1. The third-order valence-electron chi connectivity index (χ3n) is 2.56. The van der Waals surface area contributed by atoms with Gasteiger partial charge in [-0.2, -0.15) is 5.10 Å². The Bertz CT molecular complexity index is 530. The van der Waals surface area contributed by atoms with Gasteiger partial charge in [-0.3, -0.25) is 9.48 Å². The average molecular weight is 317 g/mol. The number of nitrogens with zero attached hydrogens (tertiary/aromatic N) is 2. The Morgan fingerprint density at radius 3 is 2.50 bits per heavy atom. The minimum Gasteiger partial charge on any atom is -0.444 e. The van der Waals surface area contributed by atoms with E-state index >= 15 is 0 Å². The Labute approximate surface area is 127 Å². The lowest BCUT2D eigenvalue weighted by molar-refractivity contribution is 0.00755. The first kappa shape index (κ1) is 18.1. The number of aromatic nitrogens is 2. The largest absolute Gasteiger partial charge is 0.444 e. The molecule has 0 fully saturated rings. The van der Waals surface area contributed by atoms with E-state index in [1.54, 1.807) is 20.8 Å². The SMILES string of the molecule is CC(F)(F)CCn1nccc1C(=O)CNC(=O)OC(C)(C)C. The number of ketones is 1. The number of aryl methyl sites for hydroxylation is 1. The zero-order chi connectivity index (χ0) is 17.0. The number of nitrogens with one attached hydrogen (secondary N) is 1. The zero-order valence-corrected chi connectivity index (χ0v) is 13.2. The minimum atomic E-state index is -2.83. The quantitative estimate of drug-likeness (QED) is 0.819. The molecule has 0 radical (unpaired) electrons. The number of ether oxygens (including phenoxy) is 1. The molecule has 0 aromatic carbocycles. The molecule has 0 unspecified atom stereocenters. The molecule has 0 bridgehead atoms. The molecule has 0 saturated carbocycles. The standard InChI is InChI=1S/C14H21F2N3O3/c1-13(2,3)22-12(21)17-9-11(20)10-5-7-18-19(10)8-6-14(4,15)16/h5,7H,6,8-9H2,1-4H3,(H,17,21). The van der Waals surface area contributed by atoms with Crippen LogP contribution in [0, 0.1) is 0 Å². The average Bonchev–Trinajstić information content (AvgIpc) is 2.78. The van der Waals surface area contributed by atoms with Gasteiger partial charge in [0.05, 0.1) is 6.54 Å². The third-order valence-corrected chi connectivity index (χ3v) is 2.56. The fourth-order valence-corrected chi connectivity index (χ4v) is 1.61. The van der Waals surface area contributed by atoms with Crippen molar-refractivity contribution in [2.24, 2.45) is 0 Å². The number of alkyl halides is 2. The summed E-state index contributed by atoms with van der Waals surface area (Å²) in [6.07, 6.45) is 0.218. The predicted octanol–water partition coefficient (Wildman–Crippen LogP) is 2.64. The van der Waals surface area contributed by atoms with Crippen molar-refractivity contribution >= 4 is 11.9 Å². The van der Waals surface area contributed by atoms with Crippen LogP contribution in [0.5, 0.6) is 0 Å². The molecule has 1 aromatic rings. The summed E-state index contributed by atoms with van der Waals surface area (Å²) < 4.78 is 31.9. The van der Waals surface area contributed by atoms with Gasteiger partial charge in [0, 0.05) is 19.2 Å². The van der Waals surface area contributed by atoms with E-state index in [0.717, 1.165) is 6.92 Å². The lowest BCUT2D eigenvalue weighted by Gasteiger charge is -2.19. The van der Waals surface area contributed by atoms with Gasteiger partial charge in [-0.25, -0.2) is 13.6 Å². The van der Waals surface area contributed by atoms with E-state index in [1.165, 1.54) is 16.9 Å². The number of carbonyl (C=O) groups is 2. The molecule has 0 aliphatic heterocycles. The lowest BCUT2D eigenvalue weighted by atomic mass is 10.2. The van der Waals surface area contributed by atoms with Crippen LogP contribution in [-0.4, -0.2) is 39.7 Å². The second-order valence-corrected chi connectivity index (χ2v) is 6.04. The molecule has 1 N–H and O–H groups in total. The van der Waals surface area contributed by atoms with Gasteiger partial charge in [-0.05, 0) is 33.8 Å². The molecule has 8 heteroatoms. The van der Waals surface area contributed by atoms with Gasteiger partial charge in [-0.1, -0.05) is 0 Å². The van der Waals surface area contributed by atoms with Crippen LogP contribution < -0.4 is 5.32 Å². The Hall–Kier alpha value is -1.99. The van der Waals surface area contributed by atoms with Crippen molar-refractivity contribution in [1.29, 1.82) is 0 Å². The Morgan fingerprint density at radius 1 is 1.32 bits per heavy atom. The van der Waals surface area contributed by atoms with E-state index in [9.17, 15) is 18.4 Å². The molecule has 0 atom stereocenters. The molecule has 1 aromatic heterocycles. The van der Waals surface area contributed by atoms with Crippen molar-refractivity contribution in [3.63, 3.8) is 0 Å². The van der Waals surface area contributed by atoms with E-state index in [2.05, 4.69) is 10.4 Å². The fourth-order valence-electron chi connectivity index (χ4n) is 1.61. The second-order valence-electron chi connectivity index (χ2n) is 6.04. The van der Waals surface area contributed by atoms with Gasteiger partial charge in [0.15, 0.2) is 5.78 Å². The maximum atomic E-state index is 12.9. The second kappa shape index (κ2) is 6.85. The smallest absolute Gasteiger partial charge is 0.408 e. The van der Waals surface area contributed by atoms with Gasteiger partial charge in [0.25, 0.3) is 0 Å². The van der Waals surface area contributed by atoms with E-state index < -0.39 is 29.8 Å². The van der Waals surface area contributed by atoms with Gasteiger partial charge >= 0.3 is 6.09 Å². The zero-order valence-electron chi connectivity index (χ0n) is 13.2. The Balaban J connectivity index is 2.56. The van der Waals surface area contributed by atoms with Gasteiger partial charge in [0.1, 0.15) is 11.3 Å². The number of halogens is 2. The molecule has 0 saturated heterocycles. The van der Waals surface area contributed by atoms with Crippen LogP contribution in [0.3, 0.4) is 0 Å². The number of Topliss-reactive ketones (excluding diaryl/α,β-unsaturated/α-hetero) is 1. The van der Waals surface area contributed by atoms with Crippen molar-refractivity contribution < 1.29 is 23.1 Å². The van der Waals surface area contributed by atoms with Crippen LogP contribution in [0.25, 0.3) is 0 Å². The highest BCUT2D eigenvalue weighted by molar-refractivity contribution is 5.97. The van der Waals surface area contributed by atoms with Crippen LogP contribution in [0.1, 0.15) is 44.6 Å². The Kier molecular flexibility index (Phi) is 5.62. The molecule has 124 valence electrons. The van der Waals surface area contributed by atoms with E-state index in [1.807, 2.05) is 0 Å². The van der Waals surface area contributed by atoms with E-state index in [-0.39, 0.29) is 18.8 Å². The molecule has 0 aliphatic carbocycles. The number of rotatable bonds is 6. The normalized spacial score (nSPS) is 12.1. The molecule has 0 aliphatic rings. The molecular weight excluding hydrogens is 296 g/mol. The molecule has 6 nitrogen and oxygen atoms in total. The van der Waals surface area contributed by atoms with Crippen molar-refractivity contribution in [2.45, 2.75) is 52.2 Å². The molecule has 1 heterocycles. The molecule has 1 amide bonds. The first-order chi connectivity index (χ1) is 9.98. The van der Waals surface area contributed by atoms with Crippen molar-refractivity contribution in [2.75, 3.05) is 6.54 Å². The summed E-state index contributed by atoms with van der Waals surface area (Å²) >= 11 is 0. The highest BCUT2D eigenvalue weighted by atomic mass is 19.3. The summed E-state index contributed by atoms with van der Waals surface area (Å²) in [5, 5.41) is 6.17. The van der Waals surface area contributed by atoms with Crippen LogP contribution in [-0.2, 0) is 11.3 Å². The van der Waals surface area contributed by atoms with Crippen molar-refractivity contribution in [1.82, 2.24) is 15.1 Å². The molecule has 0 spiro atoms. The topological polar surface area (TPSA) is 73.2 Å². The molecular formula is C14H21F2N3O3. The summed E-state index contributed by atoms with van der Waals surface area (Å²) in [7, 11) is 0. The number of amides is 1. The highest BCUT2D eigenvalue weighted by Gasteiger charge is 2.23. The number of carbonyl (C=O) groups excluding carboxylic acids is 2. The van der Waals surface area contributed by atoms with Gasteiger partial charge in [-0.15, -0.1) is 0 Å². The number of hydrogen-bond acceptors (Lipinski definition) is 4. The molecule has 1 rings (SSSR count). The van der Waals surface area contributed by atoms with Crippen LogP contribution in [0.4, 0.5) is 13.6 Å². The van der Waals surface area contributed by atoms with E-state index in [0.29, 0.717) is 0 Å². The van der Waals surface area contributed by atoms with Crippen molar-refractivity contribution in [3.8, 4) is 0 Å². The highest BCUT2D eigenvalue weighted by Crippen LogP contribution is 2.18. The lowest BCUT2D eigenvalue weighted by Crippen LogP contribution is -2.36. The summed E-state index contributed by atoms with van der Waals surface area (Å²) in [6.45, 7) is 5.55. The van der Waals surface area contributed by atoms with Crippen LogP contribution in [0.2, 0.25) is 0 Å². The summed E-state index contributed by atoms with van der Waals surface area (Å²) in [6, 6.07) is 1.42. The minimum absolute atomic E-state index is 0.0794. The Morgan fingerprint density at radius 2 is 1.95 bits per heavy atom. The van der Waals surface area contributed by atoms with Gasteiger partial charge in [0.2, 0.25) is 5.92 Å². The van der Waals surface area contributed by atoms with Gasteiger partial charge < -0.3 is 10.1 Å². The predicted molar refractivity (Wildman–Crippen MR) is 76.0 cm³/mol. The third kappa shape index (κ3) is 6.64. The van der Waals surface area contributed by atoms with E-state index in [4.69, 9.17) is 4.74 Å².